The van der Waals surface area contributed by atoms with Crippen LogP contribution in [0.25, 0.3) is 0 Å². The van der Waals surface area contributed by atoms with Crippen LogP contribution in [0.1, 0.15) is 38.7 Å². The monoisotopic (exact) mass is 200 g/mol. The minimum atomic E-state index is 0.342. The van der Waals surface area contributed by atoms with Gasteiger partial charge in [0.1, 0.15) is 0 Å². The summed E-state index contributed by atoms with van der Waals surface area (Å²) in [6, 6.07) is 10.7. The predicted molar refractivity (Wildman–Crippen MR) is 68.3 cm³/mol. The summed E-state index contributed by atoms with van der Waals surface area (Å²) in [6.45, 7) is 4.37. The van der Waals surface area contributed by atoms with Gasteiger partial charge in [0, 0.05) is 0 Å². The van der Waals surface area contributed by atoms with Crippen LogP contribution >= 0.6 is 0 Å². The highest BCUT2D eigenvalue weighted by molar-refractivity contribution is 6.11. The van der Waals surface area contributed by atoms with E-state index in [1.165, 1.54) is 24.8 Å². The average Bonchev–Trinajstić information content (AvgIpc) is 2.25. The molecule has 0 aromatic heterocycles. The Morgan fingerprint density at radius 3 is 2.33 bits per heavy atom. The summed E-state index contributed by atoms with van der Waals surface area (Å²) in [5.74, 6) is 1.13. The molecule has 0 nitrogen and oxygen atoms in total. The van der Waals surface area contributed by atoms with Crippen LogP contribution in [0.2, 0.25) is 5.82 Å². The highest BCUT2D eigenvalue weighted by Gasteiger charge is 2.07. The molecular formula is C14H21B. The van der Waals surface area contributed by atoms with Crippen LogP contribution in [0.15, 0.2) is 30.3 Å². The van der Waals surface area contributed by atoms with E-state index in [9.17, 15) is 0 Å². The molecule has 2 radical (unpaired) electrons. The molecule has 1 rings (SSSR count). The van der Waals surface area contributed by atoms with Gasteiger partial charge in [0.2, 0.25) is 0 Å². The average molecular weight is 200 g/mol. The Bertz CT molecular complexity index is 253. The summed E-state index contributed by atoms with van der Waals surface area (Å²) < 4.78 is 0. The zero-order valence-corrected chi connectivity index (χ0v) is 9.95. The minimum Gasteiger partial charge on any atom is -0.0802 e. The molecule has 0 aliphatic rings. The van der Waals surface area contributed by atoms with E-state index < -0.39 is 0 Å². The molecule has 0 saturated heterocycles. The maximum atomic E-state index is 5.79. The zero-order chi connectivity index (χ0) is 11.1. The molecule has 0 heterocycles. The zero-order valence-electron chi connectivity index (χ0n) is 9.95. The van der Waals surface area contributed by atoms with Gasteiger partial charge >= 0.3 is 0 Å². The van der Waals surface area contributed by atoms with Gasteiger partial charge in [0.15, 0.2) is 0 Å². The number of benzene rings is 1. The fraction of sp³-hybridized carbons (Fsp3) is 0.571. The summed E-state index contributed by atoms with van der Waals surface area (Å²) >= 11 is 0. The summed E-state index contributed by atoms with van der Waals surface area (Å²) in [5.41, 5.74) is 1.45. The fourth-order valence-corrected chi connectivity index (χ4v) is 1.90. The Kier molecular flexibility index (Phi) is 5.53. The van der Waals surface area contributed by atoms with Gasteiger partial charge in [0.05, 0.1) is 7.85 Å². The molecular weight excluding hydrogens is 179 g/mol. The SMILES string of the molecule is [B]C(C)CCC(CC)Cc1ccccc1. The molecule has 1 heteroatoms. The van der Waals surface area contributed by atoms with E-state index in [1.807, 2.05) is 0 Å². The van der Waals surface area contributed by atoms with Crippen LogP contribution in [0.5, 0.6) is 0 Å². The summed E-state index contributed by atoms with van der Waals surface area (Å²) in [7, 11) is 5.79. The second kappa shape index (κ2) is 6.71. The van der Waals surface area contributed by atoms with Gasteiger partial charge < -0.3 is 0 Å². The molecule has 0 N–H and O–H groups in total. The van der Waals surface area contributed by atoms with Crippen LogP contribution in [0, 0.1) is 5.92 Å². The van der Waals surface area contributed by atoms with Crippen LogP contribution in [0.4, 0.5) is 0 Å². The van der Waals surface area contributed by atoms with E-state index in [0.717, 1.165) is 12.3 Å². The van der Waals surface area contributed by atoms with Gasteiger partial charge in [-0.15, -0.1) is 0 Å². The molecule has 2 atom stereocenters. The van der Waals surface area contributed by atoms with E-state index in [0.29, 0.717) is 5.82 Å². The van der Waals surface area contributed by atoms with Crippen molar-refractivity contribution < 1.29 is 0 Å². The summed E-state index contributed by atoms with van der Waals surface area (Å²) in [4.78, 5) is 0. The maximum absolute atomic E-state index is 5.79. The van der Waals surface area contributed by atoms with E-state index in [4.69, 9.17) is 7.85 Å². The standard InChI is InChI=1S/C14H21B/c1-3-13(10-9-12(2)15)11-14-7-5-4-6-8-14/h4-8,12-13H,3,9-11H2,1-2H3. The van der Waals surface area contributed by atoms with E-state index in [1.54, 1.807) is 0 Å². The molecule has 0 fully saturated rings. The van der Waals surface area contributed by atoms with Gasteiger partial charge in [-0.25, -0.2) is 0 Å². The molecule has 0 spiro atoms. The molecule has 0 saturated carbocycles. The lowest BCUT2D eigenvalue weighted by Gasteiger charge is -2.16. The third-order valence-electron chi connectivity index (χ3n) is 2.97. The Morgan fingerprint density at radius 2 is 1.80 bits per heavy atom. The van der Waals surface area contributed by atoms with Crippen molar-refractivity contribution in [3.05, 3.63) is 35.9 Å². The van der Waals surface area contributed by atoms with Crippen molar-refractivity contribution in [2.75, 3.05) is 0 Å². The van der Waals surface area contributed by atoms with E-state index in [2.05, 4.69) is 44.2 Å². The molecule has 0 aliphatic heterocycles. The van der Waals surface area contributed by atoms with Crippen molar-refractivity contribution >= 4 is 7.85 Å². The van der Waals surface area contributed by atoms with Gasteiger partial charge in [-0.2, -0.15) is 0 Å². The van der Waals surface area contributed by atoms with Crippen LogP contribution in [0.3, 0.4) is 0 Å². The lowest BCUT2D eigenvalue weighted by molar-refractivity contribution is 0.449. The highest BCUT2D eigenvalue weighted by atomic mass is 14.1. The molecule has 1 aromatic carbocycles. The summed E-state index contributed by atoms with van der Waals surface area (Å²) in [6.07, 6.45) is 4.85. The largest absolute Gasteiger partial charge is 0.0802 e. The lowest BCUT2D eigenvalue weighted by atomic mass is 9.81. The van der Waals surface area contributed by atoms with Crippen molar-refractivity contribution in [1.82, 2.24) is 0 Å². The Hall–Kier alpha value is -0.715. The van der Waals surface area contributed by atoms with Crippen molar-refractivity contribution in [3.8, 4) is 0 Å². The van der Waals surface area contributed by atoms with Crippen LogP contribution in [-0.2, 0) is 6.42 Å². The number of hydrogen-bond acceptors (Lipinski definition) is 0. The highest BCUT2D eigenvalue weighted by Crippen LogP contribution is 2.20. The first-order valence-corrected chi connectivity index (χ1v) is 6.02. The fourth-order valence-electron chi connectivity index (χ4n) is 1.90. The molecule has 0 aliphatic carbocycles. The van der Waals surface area contributed by atoms with Crippen molar-refractivity contribution in [1.29, 1.82) is 0 Å². The molecule has 80 valence electrons. The van der Waals surface area contributed by atoms with Gasteiger partial charge in [-0.1, -0.05) is 69.3 Å². The first-order valence-electron chi connectivity index (χ1n) is 6.02. The number of hydrogen-bond donors (Lipinski definition) is 0. The number of rotatable bonds is 6. The first-order chi connectivity index (χ1) is 7.22. The Morgan fingerprint density at radius 1 is 1.13 bits per heavy atom. The van der Waals surface area contributed by atoms with Crippen molar-refractivity contribution in [2.24, 2.45) is 5.92 Å². The normalized spacial score (nSPS) is 14.8. The van der Waals surface area contributed by atoms with Gasteiger partial charge in [-0.05, 0) is 17.9 Å². The first kappa shape index (κ1) is 12.4. The van der Waals surface area contributed by atoms with Crippen molar-refractivity contribution in [2.45, 2.75) is 45.3 Å². The van der Waals surface area contributed by atoms with E-state index in [-0.39, 0.29) is 0 Å². The Balaban J connectivity index is 2.40. The molecule has 1 aromatic rings. The summed E-state index contributed by atoms with van der Waals surface area (Å²) in [5, 5.41) is 0. The lowest BCUT2D eigenvalue weighted by Crippen LogP contribution is -2.04. The van der Waals surface area contributed by atoms with Crippen LogP contribution < -0.4 is 0 Å². The molecule has 0 bridgehead atoms. The second-order valence-electron chi connectivity index (χ2n) is 4.52. The predicted octanol–water partition coefficient (Wildman–Crippen LogP) is 4.01. The molecule has 2 unspecified atom stereocenters. The third kappa shape index (κ3) is 5.06. The van der Waals surface area contributed by atoms with E-state index >= 15 is 0 Å². The molecule has 15 heavy (non-hydrogen) atoms. The topological polar surface area (TPSA) is 0 Å². The second-order valence-corrected chi connectivity index (χ2v) is 4.52. The minimum absolute atomic E-state index is 0.342. The third-order valence-corrected chi connectivity index (χ3v) is 2.97. The van der Waals surface area contributed by atoms with Crippen molar-refractivity contribution in [3.63, 3.8) is 0 Å². The maximum Gasteiger partial charge on any atom is 0.0695 e. The molecule has 0 amide bonds. The van der Waals surface area contributed by atoms with Crippen LogP contribution in [-0.4, -0.2) is 7.85 Å². The smallest absolute Gasteiger partial charge is 0.0695 e. The quantitative estimate of drug-likeness (QED) is 0.608. The Labute approximate surface area is 95.5 Å². The van der Waals surface area contributed by atoms with Gasteiger partial charge in [-0.3, -0.25) is 0 Å². The van der Waals surface area contributed by atoms with Gasteiger partial charge in [0.25, 0.3) is 0 Å².